The van der Waals surface area contributed by atoms with Gasteiger partial charge in [-0.25, -0.2) is 4.79 Å². The van der Waals surface area contributed by atoms with E-state index in [1.165, 1.54) is 18.2 Å². The molecule has 0 radical (unpaired) electrons. The topological polar surface area (TPSA) is 56.8 Å². The molecule has 0 heterocycles. The quantitative estimate of drug-likeness (QED) is 0.849. The van der Waals surface area contributed by atoms with Gasteiger partial charge in [0.15, 0.2) is 0 Å². The van der Waals surface area contributed by atoms with Gasteiger partial charge >= 0.3 is 6.09 Å². The van der Waals surface area contributed by atoms with E-state index in [4.69, 9.17) is 14.2 Å². The SMILES string of the molecule is CCOc1cccc(OC(=O)NC)c1COc1cc(C)c(C)cc1C. The van der Waals surface area contributed by atoms with Gasteiger partial charge in [-0.1, -0.05) is 12.1 Å². The summed E-state index contributed by atoms with van der Waals surface area (Å²) in [7, 11) is 1.52. The van der Waals surface area contributed by atoms with Crippen LogP contribution in [0.5, 0.6) is 17.2 Å². The van der Waals surface area contributed by atoms with Crippen molar-refractivity contribution < 1.29 is 19.0 Å². The molecule has 0 fully saturated rings. The largest absolute Gasteiger partial charge is 0.493 e. The molecule has 0 saturated carbocycles. The summed E-state index contributed by atoms with van der Waals surface area (Å²) in [5.41, 5.74) is 4.15. The molecule has 0 aliphatic heterocycles. The third kappa shape index (κ3) is 4.66. The molecule has 2 rings (SSSR count). The molecule has 2 aromatic carbocycles. The lowest BCUT2D eigenvalue weighted by Crippen LogP contribution is -2.23. The second kappa shape index (κ2) is 8.42. The lowest BCUT2D eigenvalue weighted by molar-refractivity contribution is 0.200. The first-order chi connectivity index (χ1) is 12.0. The average Bonchev–Trinajstić information content (AvgIpc) is 2.58. The van der Waals surface area contributed by atoms with Crippen molar-refractivity contribution in [3.63, 3.8) is 0 Å². The maximum absolute atomic E-state index is 11.6. The van der Waals surface area contributed by atoms with Crippen molar-refractivity contribution in [3.8, 4) is 17.2 Å². The number of benzene rings is 2. The minimum absolute atomic E-state index is 0.242. The van der Waals surface area contributed by atoms with Gasteiger partial charge in [0.25, 0.3) is 0 Å². The first-order valence-corrected chi connectivity index (χ1v) is 8.31. The van der Waals surface area contributed by atoms with Crippen molar-refractivity contribution in [3.05, 3.63) is 52.6 Å². The van der Waals surface area contributed by atoms with Crippen molar-refractivity contribution in [1.29, 1.82) is 0 Å². The Bertz CT molecular complexity index is 756. The molecule has 25 heavy (non-hydrogen) atoms. The lowest BCUT2D eigenvalue weighted by atomic mass is 10.1. The second-order valence-corrected chi connectivity index (χ2v) is 5.80. The predicted octanol–water partition coefficient (Wildman–Crippen LogP) is 4.31. The van der Waals surface area contributed by atoms with Crippen LogP contribution in [0.2, 0.25) is 0 Å². The van der Waals surface area contributed by atoms with Crippen LogP contribution in [0.15, 0.2) is 30.3 Å². The predicted molar refractivity (Wildman–Crippen MR) is 97.7 cm³/mol. The Morgan fingerprint density at radius 2 is 1.64 bits per heavy atom. The van der Waals surface area contributed by atoms with E-state index in [-0.39, 0.29) is 6.61 Å². The Hall–Kier alpha value is -2.69. The van der Waals surface area contributed by atoms with Gasteiger partial charge in [-0.05, 0) is 62.6 Å². The number of rotatable bonds is 6. The second-order valence-electron chi connectivity index (χ2n) is 5.80. The summed E-state index contributed by atoms with van der Waals surface area (Å²) < 4.78 is 17.0. The standard InChI is InChI=1S/C20H25NO4/c1-6-23-17-8-7-9-18(25-20(22)21-5)16(17)12-24-19-11-14(3)13(2)10-15(19)4/h7-11H,6,12H2,1-5H3,(H,21,22). The molecule has 0 aliphatic carbocycles. The summed E-state index contributed by atoms with van der Waals surface area (Å²) in [6.07, 6.45) is -0.530. The zero-order chi connectivity index (χ0) is 18.4. The Labute approximate surface area is 148 Å². The van der Waals surface area contributed by atoms with Gasteiger partial charge < -0.3 is 19.5 Å². The monoisotopic (exact) mass is 343 g/mol. The van der Waals surface area contributed by atoms with Gasteiger partial charge in [-0.2, -0.15) is 0 Å². The molecular formula is C20H25NO4. The van der Waals surface area contributed by atoms with Gasteiger partial charge in [0, 0.05) is 7.05 Å². The van der Waals surface area contributed by atoms with E-state index < -0.39 is 6.09 Å². The number of ether oxygens (including phenoxy) is 3. The van der Waals surface area contributed by atoms with Gasteiger partial charge in [0.05, 0.1) is 12.2 Å². The van der Waals surface area contributed by atoms with Crippen LogP contribution >= 0.6 is 0 Å². The number of carbonyl (C=O) groups is 1. The van der Waals surface area contributed by atoms with Gasteiger partial charge in [0.2, 0.25) is 0 Å². The molecular weight excluding hydrogens is 318 g/mol. The van der Waals surface area contributed by atoms with Crippen molar-refractivity contribution >= 4 is 6.09 Å². The van der Waals surface area contributed by atoms with Crippen molar-refractivity contribution in [2.45, 2.75) is 34.3 Å². The number of hydrogen-bond donors (Lipinski definition) is 1. The molecule has 0 saturated heterocycles. The van der Waals surface area contributed by atoms with E-state index >= 15 is 0 Å². The summed E-state index contributed by atoms with van der Waals surface area (Å²) in [5.74, 6) is 1.87. The van der Waals surface area contributed by atoms with E-state index in [0.717, 1.165) is 11.3 Å². The maximum atomic E-state index is 11.6. The van der Waals surface area contributed by atoms with Crippen LogP contribution in [0.25, 0.3) is 0 Å². The van der Waals surface area contributed by atoms with E-state index in [2.05, 4.69) is 25.2 Å². The van der Waals surface area contributed by atoms with Crippen LogP contribution < -0.4 is 19.5 Å². The molecule has 0 unspecified atom stereocenters. The summed E-state index contributed by atoms with van der Waals surface area (Å²) in [5, 5.41) is 2.45. The third-order valence-electron chi connectivity index (χ3n) is 3.96. The van der Waals surface area contributed by atoms with Gasteiger partial charge in [-0.3, -0.25) is 0 Å². The highest BCUT2D eigenvalue weighted by molar-refractivity contribution is 5.70. The van der Waals surface area contributed by atoms with E-state index in [1.807, 2.05) is 26.0 Å². The van der Waals surface area contributed by atoms with Crippen molar-refractivity contribution in [2.24, 2.45) is 0 Å². The zero-order valence-corrected chi connectivity index (χ0v) is 15.4. The smallest absolute Gasteiger partial charge is 0.412 e. The van der Waals surface area contributed by atoms with E-state index in [9.17, 15) is 4.79 Å². The first-order valence-electron chi connectivity index (χ1n) is 8.31. The molecule has 5 heteroatoms. The first kappa shape index (κ1) is 18.6. The number of aryl methyl sites for hydroxylation is 3. The Kier molecular flexibility index (Phi) is 6.28. The highest BCUT2D eigenvalue weighted by Gasteiger charge is 2.15. The van der Waals surface area contributed by atoms with Crippen molar-refractivity contribution in [1.82, 2.24) is 5.32 Å². The molecule has 0 aliphatic rings. The Morgan fingerprint density at radius 1 is 0.960 bits per heavy atom. The number of amides is 1. The molecule has 0 spiro atoms. The summed E-state index contributed by atoms with van der Waals surface area (Å²) in [4.78, 5) is 11.6. The van der Waals surface area contributed by atoms with Crippen LogP contribution in [0.1, 0.15) is 29.2 Å². The molecule has 1 amide bonds. The van der Waals surface area contributed by atoms with Gasteiger partial charge in [-0.15, -0.1) is 0 Å². The van der Waals surface area contributed by atoms with Crippen LogP contribution in [0.3, 0.4) is 0 Å². The summed E-state index contributed by atoms with van der Waals surface area (Å²) in [6, 6.07) is 9.47. The Balaban J connectivity index is 2.30. The summed E-state index contributed by atoms with van der Waals surface area (Å²) in [6.45, 7) is 8.80. The highest BCUT2D eigenvalue weighted by atomic mass is 16.6. The van der Waals surface area contributed by atoms with Gasteiger partial charge in [0.1, 0.15) is 23.9 Å². The number of nitrogens with one attached hydrogen (secondary N) is 1. The van der Waals surface area contributed by atoms with Crippen molar-refractivity contribution in [2.75, 3.05) is 13.7 Å². The number of hydrogen-bond acceptors (Lipinski definition) is 4. The fourth-order valence-corrected chi connectivity index (χ4v) is 2.46. The molecule has 0 aromatic heterocycles. The minimum atomic E-state index is -0.530. The highest BCUT2D eigenvalue weighted by Crippen LogP contribution is 2.31. The molecule has 1 N–H and O–H groups in total. The molecule has 5 nitrogen and oxygen atoms in total. The molecule has 0 atom stereocenters. The molecule has 2 aromatic rings. The minimum Gasteiger partial charge on any atom is -0.493 e. The van der Waals surface area contributed by atoms with Crippen LogP contribution in [0.4, 0.5) is 4.79 Å². The van der Waals surface area contributed by atoms with E-state index in [0.29, 0.717) is 23.7 Å². The summed E-state index contributed by atoms with van der Waals surface area (Å²) >= 11 is 0. The third-order valence-corrected chi connectivity index (χ3v) is 3.96. The molecule has 0 bridgehead atoms. The average molecular weight is 343 g/mol. The fourth-order valence-electron chi connectivity index (χ4n) is 2.46. The fraction of sp³-hybridized carbons (Fsp3) is 0.350. The normalized spacial score (nSPS) is 10.3. The maximum Gasteiger partial charge on any atom is 0.412 e. The number of carbonyl (C=O) groups excluding carboxylic acids is 1. The zero-order valence-electron chi connectivity index (χ0n) is 15.4. The van der Waals surface area contributed by atoms with Crippen LogP contribution in [-0.2, 0) is 6.61 Å². The van der Waals surface area contributed by atoms with Crippen LogP contribution in [-0.4, -0.2) is 19.7 Å². The van der Waals surface area contributed by atoms with E-state index in [1.54, 1.807) is 12.1 Å². The lowest BCUT2D eigenvalue weighted by Gasteiger charge is -2.17. The molecule has 134 valence electrons. The van der Waals surface area contributed by atoms with Crippen LogP contribution in [0, 0.1) is 20.8 Å². The Morgan fingerprint density at radius 3 is 2.32 bits per heavy atom.